The molecule has 88 valence electrons. The summed E-state index contributed by atoms with van der Waals surface area (Å²) in [5.74, 6) is 0.185. The van der Waals surface area contributed by atoms with E-state index in [9.17, 15) is 0 Å². The van der Waals surface area contributed by atoms with E-state index in [4.69, 9.17) is 14.7 Å². The molecule has 0 aromatic carbocycles. The summed E-state index contributed by atoms with van der Waals surface area (Å²) in [6.45, 7) is 5.71. The molecule has 1 aromatic rings. The van der Waals surface area contributed by atoms with Gasteiger partial charge in [0.1, 0.15) is 12.4 Å². The fourth-order valence-electron chi connectivity index (χ4n) is 1.28. The summed E-state index contributed by atoms with van der Waals surface area (Å²) in [7, 11) is 0. The van der Waals surface area contributed by atoms with Crippen molar-refractivity contribution >= 4 is 0 Å². The van der Waals surface area contributed by atoms with Crippen LogP contribution in [-0.4, -0.2) is 34.3 Å². The highest BCUT2D eigenvalue weighted by Crippen LogP contribution is 2.03. The SMILES string of the molecule is CCOC(CCn1cnc(C#N)n1)OCC. The Balaban J connectivity index is 2.39. The second-order valence-corrected chi connectivity index (χ2v) is 3.07. The van der Waals surface area contributed by atoms with Crippen LogP contribution in [0.25, 0.3) is 0 Å². The molecule has 0 radical (unpaired) electrons. The molecule has 0 unspecified atom stereocenters. The van der Waals surface area contributed by atoms with Crippen molar-refractivity contribution in [2.24, 2.45) is 0 Å². The second kappa shape index (κ2) is 6.93. The zero-order valence-corrected chi connectivity index (χ0v) is 9.59. The van der Waals surface area contributed by atoms with Gasteiger partial charge < -0.3 is 9.47 Å². The summed E-state index contributed by atoms with van der Waals surface area (Å²) in [6.07, 6.45) is 2.01. The molecule has 6 nitrogen and oxygen atoms in total. The van der Waals surface area contributed by atoms with Gasteiger partial charge in [-0.2, -0.15) is 5.26 Å². The van der Waals surface area contributed by atoms with Gasteiger partial charge in [-0.25, -0.2) is 4.98 Å². The van der Waals surface area contributed by atoms with E-state index in [2.05, 4.69) is 10.1 Å². The van der Waals surface area contributed by atoms with Crippen LogP contribution in [-0.2, 0) is 16.0 Å². The Morgan fingerprint density at radius 3 is 2.62 bits per heavy atom. The minimum atomic E-state index is -0.218. The Labute approximate surface area is 94.8 Å². The van der Waals surface area contributed by atoms with Gasteiger partial charge in [0, 0.05) is 26.2 Å². The van der Waals surface area contributed by atoms with Crippen molar-refractivity contribution in [2.75, 3.05) is 13.2 Å². The number of nitriles is 1. The van der Waals surface area contributed by atoms with Crippen LogP contribution in [0.5, 0.6) is 0 Å². The molecule has 16 heavy (non-hydrogen) atoms. The van der Waals surface area contributed by atoms with Gasteiger partial charge >= 0.3 is 0 Å². The lowest BCUT2D eigenvalue weighted by Gasteiger charge is -2.16. The third kappa shape index (κ3) is 3.96. The van der Waals surface area contributed by atoms with Gasteiger partial charge in [-0.15, -0.1) is 5.10 Å². The molecule has 1 rings (SSSR count). The molecule has 6 heteroatoms. The Morgan fingerprint density at radius 2 is 2.12 bits per heavy atom. The molecular weight excluding hydrogens is 208 g/mol. The third-order valence-corrected chi connectivity index (χ3v) is 1.94. The number of hydrogen-bond donors (Lipinski definition) is 0. The van der Waals surface area contributed by atoms with Crippen LogP contribution < -0.4 is 0 Å². The van der Waals surface area contributed by atoms with Crippen LogP contribution in [0.2, 0.25) is 0 Å². The van der Waals surface area contributed by atoms with Crippen LogP contribution in [0.15, 0.2) is 6.33 Å². The molecule has 0 spiro atoms. The van der Waals surface area contributed by atoms with Crippen LogP contribution >= 0.6 is 0 Å². The maximum absolute atomic E-state index is 8.56. The van der Waals surface area contributed by atoms with Gasteiger partial charge in [-0.3, -0.25) is 4.68 Å². The standard InChI is InChI=1S/C10H16N4O2/c1-3-15-10(16-4-2)5-6-14-8-12-9(7-11)13-14/h8,10H,3-6H2,1-2H3. The Morgan fingerprint density at radius 1 is 1.44 bits per heavy atom. The van der Waals surface area contributed by atoms with Gasteiger partial charge in [-0.05, 0) is 13.8 Å². The normalized spacial score (nSPS) is 10.6. The van der Waals surface area contributed by atoms with Crippen LogP contribution in [0.1, 0.15) is 26.1 Å². The van der Waals surface area contributed by atoms with E-state index in [0.717, 1.165) is 0 Å². The molecule has 0 N–H and O–H groups in total. The number of hydrogen-bond acceptors (Lipinski definition) is 5. The third-order valence-electron chi connectivity index (χ3n) is 1.94. The molecule has 0 aliphatic carbocycles. The molecule has 0 bridgehead atoms. The average molecular weight is 224 g/mol. The van der Waals surface area contributed by atoms with Crippen molar-refractivity contribution in [2.45, 2.75) is 33.1 Å². The van der Waals surface area contributed by atoms with E-state index in [1.165, 1.54) is 6.33 Å². The minimum Gasteiger partial charge on any atom is -0.353 e. The molecule has 0 aliphatic heterocycles. The van der Waals surface area contributed by atoms with Crippen molar-refractivity contribution in [3.05, 3.63) is 12.2 Å². The fraction of sp³-hybridized carbons (Fsp3) is 0.700. The quantitative estimate of drug-likeness (QED) is 0.644. The molecule has 0 fully saturated rings. The molecule has 1 heterocycles. The van der Waals surface area contributed by atoms with Crippen LogP contribution in [0.3, 0.4) is 0 Å². The van der Waals surface area contributed by atoms with Gasteiger partial charge in [0.2, 0.25) is 0 Å². The van der Waals surface area contributed by atoms with E-state index < -0.39 is 0 Å². The fourth-order valence-corrected chi connectivity index (χ4v) is 1.28. The molecule has 0 aliphatic rings. The lowest BCUT2D eigenvalue weighted by molar-refractivity contribution is -0.141. The summed E-state index contributed by atoms with van der Waals surface area (Å²) in [5.41, 5.74) is 0. The van der Waals surface area contributed by atoms with Crippen molar-refractivity contribution < 1.29 is 9.47 Å². The maximum Gasteiger partial charge on any atom is 0.252 e. The maximum atomic E-state index is 8.56. The monoisotopic (exact) mass is 224 g/mol. The molecule has 0 amide bonds. The van der Waals surface area contributed by atoms with E-state index in [1.54, 1.807) is 4.68 Å². The lowest BCUT2D eigenvalue weighted by Crippen LogP contribution is -2.19. The van der Waals surface area contributed by atoms with E-state index in [0.29, 0.717) is 26.2 Å². The first-order chi connectivity index (χ1) is 7.80. The van der Waals surface area contributed by atoms with E-state index in [-0.39, 0.29) is 12.1 Å². The molecule has 0 atom stereocenters. The average Bonchev–Trinajstić information content (AvgIpc) is 2.74. The first-order valence-electron chi connectivity index (χ1n) is 5.32. The van der Waals surface area contributed by atoms with Crippen molar-refractivity contribution in [1.82, 2.24) is 14.8 Å². The molecular formula is C10H16N4O2. The number of aryl methyl sites for hydroxylation is 1. The second-order valence-electron chi connectivity index (χ2n) is 3.07. The Hall–Kier alpha value is -1.45. The Bertz CT molecular complexity index is 339. The first-order valence-corrected chi connectivity index (χ1v) is 5.32. The van der Waals surface area contributed by atoms with Gasteiger partial charge in [0.15, 0.2) is 6.29 Å². The van der Waals surface area contributed by atoms with Gasteiger partial charge in [0.05, 0.1) is 0 Å². The Kier molecular flexibility index (Phi) is 5.46. The summed E-state index contributed by atoms with van der Waals surface area (Å²) in [4.78, 5) is 3.81. The largest absolute Gasteiger partial charge is 0.353 e. The predicted octanol–water partition coefficient (Wildman–Crippen LogP) is 0.939. The van der Waals surface area contributed by atoms with Gasteiger partial charge in [-0.1, -0.05) is 0 Å². The van der Waals surface area contributed by atoms with E-state index in [1.807, 2.05) is 19.9 Å². The highest BCUT2D eigenvalue weighted by molar-refractivity contribution is 5.05. The van der Waals surface area contributed by atoms with Crippen LogP contribution in [0, 0.1) is 11.3 Å². The summed E-state index contributed by atoms with van der Waals surface area (Å²) in [6, 6.07) is 1.88. The van der Waals surface area contributed by atoms with E-state index >= 15 is 0 Å². The number of rotatable bonds is 7. The first kappa shape index (κ1) is 12.6. The predicted molar refractivity (Wildman–Crippen MR) is 56.4 cm³/mol. The summed E-state index contributed by atoms with van der Waals surface area (Å²) < 4.78 is 12.4. The number of aromatic nitrogens is 3. The molecule has 0 saturated heterocycles. The van der Waals surface area contributed by atoms with Crippen molar-refractivity contribution in [3.8, 4) is 6.07 Å². The highest BCUT2D eigenvalue weighted by Gasteiger charge is 2.08. The lowest BCUT2D eigenvalue weighted by atomic mass is 10.4. The van der Waals surface area contributed by atoms with Crippen molar-refractivity contribution in [3.63, 3.8) is 0 Å². The summed E-state index contributed by atoms with van der Waals surface area (Å²) >= 11 is 0. The zero-order valence-electron chi connectivity index (χ0n) is 9.59. The number of nitrogens with zero attached hydrogens (tertiary/aromatic N) is 4. The highest BCUT2D eigenvalue weighted by atomic mass is 16.7. The molecule has 0 saturated carbocycles. The van der Waals surface area contributed by atoms with Crippen molar-refractivity contribution in [1.29, 1.82) is 5.26 Å². The number of ether oxygens (including phenoxy) is 2. The zero-order chi connectivity index (χ0) is 11.8. The summed E-state index contributed by atoms with van der Waals surface area (Å²) in [5, 5.41) is 12.5. The molecule has 1 aromatic heterocycles. The van der Waals surface area contributed by atoms with Gasteiger partial charge in [0.25, 0.3) is 5.82 Å². The smallest absolute Gasteiger partial charge is 0.252 e. The topological polar surface area (TPSA) is 73.0 Å². The minimum absolute atomic E-state index is 0.185. The van der Waals surface area contributed by atoms with Crippen LogP contribution in [0.4, 0.5) is 0 Å².